The van der Waals surface area contributed by atoms with Crippen molar-refractivity contribution in [2.45, 2.75) is 16.9 Å². The second kappa shape index (κ2) is 5.54. The number of aromatic nitrogens is 1. The van der Waals surface area contributed by atoms with E-state index >= 15 is 0 Å². The largest absolute Gasteiger partial charge is 0.375 e. The Kier molecular flexibility index (Phi) is 4.01. The third kappa shape index (κ3) is 3.21. The van der Waals surface area contributed by atoms with Gasteiger partial charge < -0.3 is 5.73 Å². The van der Waals surface area contributed by atoms with E-state index in [1.54, 1.807) is 0 Å². The van der Waals surface area contributed by atoms with Crippen molar-refractivity contribution < 1.29 is 9.31 Å². The molecular formula is C11H10FN3O2S2. The van der Waals surface area contributed by atoms with E-state index in [4.69, 9.17) is 5.73 Å². The Labute approximate surface area is 116 Å². The summed E-state index contributed by atoms with van der Waals surface area (Å²) in [5, 5.41) is 11.3. The quantitative estimate of drug-likeness (QED) is 0.531. The summed E-state index contributed by atoms with van der Waals surface area (Å²) in [6.07, 6.45) is 0. The summed E-state index contributed by atoms with van der Waals surface area (Å²) in [4.78, 5) is 14.4. The van der Waals surface area contributed by atoms with Gasteiger partial charge in [-0.2, -0.15) is 0 Å². The van der Waals surface area contributed by atoms with E-state index in [2.05, 4.69) is 4.98 Å². The summed E-state index contributed by atoms with van der Waals surface area (Å²) < 4.78 is 14.0. The fraction of sp³-hybridized carbons (Fsp3) is 0.182. The van der Waals surface area contributed by atoms with Crippen molar-refractivity contribution in [1.82, 2.24) is 4.98 Å². The molecule has 5 nitrogen and oxygen atoms in total. The van der Waals surface area contributed by atoms with E-state index < -0.39 is 10.7 Å². The van der Waals surface area contributed by atoms with Crippen molar-refractivity contribution in [3.8, 4) is 0 Å². The predicted octanol–water partition coefficient (Wildman–Crippen LogP) is 3.37. The number of anilines is 1. The van der Waals surface area contributed by atoms with Crippen molar-refractivity contribution in [2.75, 3.05) is 5.73 Å². The molecule has 0 spiro atoms. The first-order valence-electron chi connectivity index (χ1n) is 5.26. The maximum Gasteiger partial charge on any atom is 0.273 e. The first-order valence-corrected chi connectivity index (χ1v) is 7.06. The van der Waals surface area contributed by atoms with Gasteiger partial charge in [-0.15, -0.1) is 11.8 Å². The molecule has 0 fully saturated rings. The number of nitrogen functional groups attached to an aromatic ring is 1. The van der Waals surface area contributed by atoms with Crippen LogP contribution in [0.2, 0.25) is 0 Å². The molecule has 2 N–H and O–H groups in total. The number of aryl methyl sites for hydroxylation is 1. The molecular weight excluding hydrogens is 289 g/mol. The molecule has 0 atom stereocenters. The second-order valence-corrected chi connectivity index (χ2v) is 6.02. The number of hydrogen-bond donors (Lipinski definition) is 1. The highest BCUT2D eigenvalue weighted by Crippen LogP contribution is 2.34. The number of nitro groups is 1. The van der Waals surface area contributed by atoms with Gasteiger partial charge in [-0.05, 0) is 19.1 Å². The standard InChI is InChI=1S/C11H10FN3O2S2/c1-6-10(19-11(13)14-6)18-5-7-4-8(12)2-3-9(7)15(16)17/h2-4H,5H2,1H3,(H2,13,14). The van der Waals surface area contributed by atoms with Gasteiger partial charge in [0.15, 0.2) is 5.13 Å². The van der Waals surface area contributed by atoms with Crippen LogP contribution in [0.15, 0.2) is 22.4 Å². The highest BCUT2D eigenvalue weighted by molar-refractivity contribution is 8.00. The number of halogens is 1. The minimum absolute atomic E-state index is 0.0796. The molecule has 1 aromatic heterocycles. The number of nitro benzene ring substituents is 1. The average Bonchev–Trinajstić information content (AvgIpc) is 2.65. The minimum Gasteiger partial charge on any atom is -0.375 e. The molecule has 0 bridgehead atoms. The molecule has 1 heterocycles. The first kappa shape index (κ1) is 13.8. The summed E-state index contributed by atoms with van der Waals surface area (Å²) >= 11 is 2.68. The molecule has 100 valence electrons. The first-order chi connectivity index (χ1) is 8.97. The highest BCUT2D eigenvalue weighted by atomic mass is 32.2. The molecule has 0 amide bonds. The molecule has 0 aliphatic heterocycles. The van der Waals surface area contributed by atoms with Gasteiger partial charge in [0.25, 0.3) is 5.69 Å². The Morgan fingerprint density at radius 1 is 1.58 bits per heavy atom. The topological polar surface area (TPSA) is 82.0 Å². The highest BCUT2D eigenvalue weighted by Gasteiger charge is 2.15. The SMILES string of the molecule is Cc1nc(N)sc1SCc1cc(F)ccc1[N+](=O)[O-]. The molecule has 1 aromatic carbocycles. The number of rotatable bonds is 4. The van der Waals surface area contributed by atoms with E-state index in [1.165, 1.54) is 35.2 Å². The summed E-state index contributed by atoms with van der Waals surface area (Å²) in [5.74, 6) is -0.182. The van der Waals surface area contributed by atoms with Crippen LogP contribution < -0.4 is 5.73 Å². The lowest BCUT2D eigenvalue weighted by molar-refractivity contribution is -0.385. The maximum absolute atomic E-state index is 13.2. The number of nitrogens with zero attached hydrogens (tertiary/aromatic N) is 2. The van der Waals surface area contributed by atoms with Crippen LogP contribution in [0.25, 0.3) is 0 Å². The molecule has 2 rings (SSSR count). The van der Waals surface area contributed by atoms with E-state index in [9.17, 15) is 14.5 Å². The van der Waals surface area contributed by atoms with Crippen molar-refractivity contribution in [2.24, 2.45) is 0 Å². The van der Waals surface area contributed by atoms with Gasteiger partial charge in [-0.1, -0.05) is 11.3 Å². The number of benzene rings is 1. The van der Waals surface area contributed by atoms with Gasteiger partial charge in [0.1, 0.15) is 5.82 Å². The van der Waals surface area contributed by atoms with Crippen LogP contribution >= 0.6 is 23.1 Å². The molecule has 19 heavy (non-hydrogen) atoms. The Bertz CT molecular complexity index is 630. The summed E-state index contributed by atoms with van der Waals surface area (Å²) in [5.41, 5.74) is 6.63. The normalized spacial score (nSPS) is 10.6. The van der Waals surface area contributed by atoms with Gasteiger partial charge in [-0.25, -0.2) is 9.37 Å². The van der Waals surface area contributed by atoms with Crippen LogP contribution in [-0.4, -0.2) is 9.91 Å². The molecule has 0 aliphatic rings. The number of nitrogens with two attached hydrogens (primary N) is 1. The Morgan fingerprint density at radius 3 is 2.89 bits per heavy atom. The third-order valence-corrected chi connectivity index (χ3v) is 4.77. The zero-order chi connectivity index (χ0) is 14.0. The molecule has 0 saturated carbocycles. The van der Waals surface area contributed by atoms with Crippen molar-refractivity contribution in [3.05, 3.63) is 45.4 Å². The smallest absolute Gasteiger partial charge is 0.273 e. The summed E-state index contributed by atoms with van der Waals surface area (Å²) in [6.45, 7) is 1.81. The van der Waals surface area contributed by atoms with Gasteiger partial charge in [-0.3, -0.25) is 10.1 Å². The molecule has 0 saturated heterocycles. The molecule has 0 radical (unpaired) electrons. The lowest BCUT2D eigenvalue weighted by Gasteiger charge is -2.02. The van der Waals surface area contributed by atoms with Crippen molar-refractivity contribution in [3.63, 3.8) is 0 Å². The Hall–Kier alpha value is -1.67. The molecule has 2 aromatic rings. The zero-order valence-electron chi connectivity index (χ0n) is 9.92. The van der Waals surface area contributed by atoms with Crippen LogP contribution in [0.1, 0.15) is 11.3 Å². The van der Waals surface area contributed by atoms with Crippen LogP contribution in [0.5, 0.6) is 0 Å². The van der Waals surface area contributed by atoms with E-state index in [0.717, 1.165) is 16.0 Å². The minimum atomic E-state index is -0.511. The molecule has 0 aliphatic carbocycles. The number of thioether (sulfide) groups is 1. The summed E-state index contributed by atoms with van der Waals surface area (Å²) in [7, 11) is 0. The van der Waals surface area contributed by atoms with Crippen LogP contribution in [-0.2, 0) is 5.75 Å². The second-order valence-electron chi connectivity index (χ2n) is 3.74. The average molecular weight is 299 g/mol. The number of thiazole rings is 1. The van der Waals surface area contributed by atoms with Crippen LogP contribution in [0.3, 0.4) is 0 Å². The van der Waals surface area contributed by atoms with E-state index in [0.29, 0.717) is 16.4 Å². The van der Waals surface area contributed by atoms with Gasteiger partial charge in [0.2, 0.25) is 0 Å². The summed E-state index contributed by atoms with van der Waals surface area (Å²) in [6, 6.07) is 3.45. The fourth-order valence-electron chi connectivity index (χ4n) is 1.53. The fourth-order valence-corrected chi connectivity index (χ4v) is 3.53. The Morgan fingerprint density at radius 2 is 2.32 bits per heavy atom. The van der Waals surface area contributed by atoms with Crippen LogP contribution in [0.4, 0.5) is 15.2 Å². The maximum atomic E-state index is 13.2. The van der Waals surface area contributed by atoms with Crippen LogP contribution in [0, 0.1) is 22.9 Å². The zero-order valence-corrected chi connectivity index (χ0v) is 11.6. The third-order valence-electron chi connectivity index (χ3n) is 2.37. The van der Waals surface area contributed by atoms with Crippen molar-refractivity contribution >= 4 is 33.9 Å². The lowest BCUT2D eigenvalue weighted by atomic mass is 10.2. The molecule has 8 heteroatoms. The molecule has 0 unspecified atom stereocenters. The lowest BCUT2D eigenvalue weighted by Crippen LogP contribution is -1.95. The van der Waals surface area contributed by atoms with Crippen molar-refractivity contribution in [1.29, 1.82) is 0 Å². The van der Waals surface area contributed by atoms with Gasteiger partial charge in [0, 0.05) is 17.4 Å². The van der Waals surface area contributed by atoms with Gasteiger partial charge >= 0.3 is 0 Å². The van der Waals surface area contributed by atoms with E-state index in [-0.39, 0.29) is 5.69 Å². The Balaban J connectivity index is 2.21. The predicted molar refractivity (Wildman–Crippen MR) is 73.9 cm³/mol. The number of hydrogen-bond acceptors (Lipinski definition) is 6. The monoisotopic (exact) mass is 299 g/mol. The van der Waals surface area contributed by atoms with E-state index in [1.807, 2.05) is 6.92 Å². The van der Waals surface area contributed by atoms with Gasteiger partial charge in [0.05, 0.1) is 14.8 Å².